The first-order chi connectivity index (χ1) is 10.2. The quantitative estimate of drug-likeness (QED) is 0.733. The maximum absolute atomic E-state index is 12.1. The van der Waals surface area contributed by atoms with Gasteiger partial charge in [0.1, 0.15) is 0 Å². The Labute approximate surface area is 127 Å². The van der Waals surface area contributed by atoms with E-state index in [9.17, 15) is 9.59 Å². The predicted molar refractivity (Wildman–Crippen MR) is 81.8 cm³/mol. The van der Waals surface area contributed by atoms with Crippen molar-refractivity contribution >= 4 is 22.9 Å². The molecule has 2 aromatic rings. The first kappa shape index (κ1) is 15.3. The van der Waals surface area contributed by atoms with Crippen molar-refractivity contribution in [1.29, 1.82) is 0 Å². The Balaban J connectivity index is 2.02. The van der Waals surface area contributed by atoms with Crippen LogP contribution in [0.25, 0.3) is 0 Å². The molecule has 2 rings (SSSR count). The zero-order valence-corrected chi connectivity index (χ0v) is 12.7. The molecule has 0 aliphatic rings. The van der Waals surface area contributed by atoms with Gasteiger partial charge in [-0.1, -0.05) is 6.07 Å². The Morgan fingerprint density at radius 1 is 1.00 bits per heavy atom. The molecular weight excluding hydrogens is 288 g/mol. The maximum Gasteiger partial charge on any atom is 0.173 e. The van der Waals surface area contributed by atoms with Crippen molar-refractivity contribution in [3.8, 4) is 11.5 Å². The number of rotatable bonds is 7. The van der Waals surface area contributed by atoms with E-state index in [0.29, 0.717) is 21.9 Å². The van der Waals surface area contributed by atoms with Gasteiger partial charge in [0.05, 0.1) is 19.1 Å². The van der Waals surface area contributed by atoms with Gasteiger partial charge in [-0.15, -0.1) is 11.3 Å². The molecule has 0 amide bonds. The Morgan fingerprint density at radius 3 is 2.33 bits per heavy atom. The summed E-state index contributed by atoms with van der Waals surface area (Å²) < 4.78 is 10.3. The largest absolute Gasteiger partial charge is 0.493 e. The van der Waals surface area contributed by atoms with Gasteiger partial charge in [0, 0.05) is 18.4 Å². The van der Waals surface area contributed by atoms with Gasteiger partial charge in [-0.05, 0) is 29.6 Å². The van der Waals surface area contributed by atoms with Gasteiger partial charge in [-0.2, -0.15) is 0 Å². The molecule has 0 aliphatic heterocycles. The minimum absolute atomic E-state index is 0.00109. The maximum atomic E-state index is 12.1. The lowest BCUT2D eigenvalue weighted by Gasteiger charge is -2.08. The molecule has 0 saturated carbocycles. The molecule has 0 N–H and O–H groups in total. The monoisotopic (exact) mass is 304 g/mol. The Morgan fingerprint density at radius 2 is 1.71 bits per heavy atom. The van der Waals surface area contributed by atoms with E-state index < -0.39 is 0 Å². The molecule has 0 fully saturated rings. The predicted octanol–water partition coefficient (Wildman–Crippen LogP) is 3.61. The molecule has 0 unspecified atom stereocenters. The number of benzene rings is 1. The van der Waals surface area contributed by atoms with E-state index >= 15 is 0 Å². The topological polar surface area (TPSA) is 52.6 Å². The highest BCUT2D eigenvalue weighted by molar-refractivity contribution is 7.12. The third-order valence-electron chi connectivity index (χ3n) is 3.08. The molecular formula is C16H16O4S. The smallest absolute Gasteiger partial charge is 0.173 e. The summed E-state index contributed by atoms with van der Waals surface area (Å²) in [5.74, 6) is 0.997. The van der Waals surface area contributed by atoms with E-state index in [4.69, 9.17) is 9.47 Å². The molecule has 4 nitrogen and oxygen atoms in total. The number of thiophene rings is 1. The van der Waals surface area contributed by atoms with Gasteiger partial charge in [0.15, 0.2) is 23.1 Å². The third kappa shape index (κ3) is 3.70. The Kier molecular flexibility index (Phi) is 5.11. The highest BCUT2D eigenvalue weighted by atomic mass is 32.1. The summed E-state index contributed by atoms with van der Waals surface area (Å²) in [6.45, 7) is 0. The fourth-order valence-electron chi connectivity index (χ4n) is 1.94. The summed E-state index contributed by atoms with van der Waals surface area (Å²) in [6, 6.07) is 8.60. The van der Waals surface area contributed by atoms with E-state index in [1.807, 2.05) is 11.4 Å². The van der Waals surface area contributed by atoms with Crippen molar-refractivity contribution in [2.75, 3.05) is 14.2 Å². The molecule has 110 valence electrons. The van der Waals surface area contributed by atoms with Crippen LogP contribution in [0.4, 0.5) is 0 Å². The number of ketones is 2. The molecule has 0 radical (unpaired) electrons. The minimum atomic E-state index is -0.0825. The summed E-state index contributed by atoms with van der Waals surface area (Å²) in [6.07, 6.45) is 0.403. The zero-order chi connectivity index (χ0) is 15.2. The summed E-state index contributed by atoms with van der Waals surface area (Å²) in [4.78, 5) is 24.7. The fourth-order valence-corrected chi connectivity index (χ4v) is 2.64. The number of methoxy groups -OCH3 is 2. The molecule has 1 heterocycles. The van der Waals surface area contributed by atoms with E-state index in [0.717, 1.165) is 0 Å². The molecule has 0 spiro atoms. The average Bonchev–Trinajstić information content (AvgIpc) is 3.06. The third-order valence-corrected chi connectivity index (χ3v) is 3.99. The summed E-state index contributed by atoms with van der Waals surface area (Å²) in [5.41, 5.74) is 0.520. The van der Waals surface area contributed by atoms with E-state index in [1.54, 1.807) is 31.4 Å². The van der Waals surface area contributed by atoms with Crippen molar-refractivity contribution < 1.29 is 19.1 Å². The molecule has 5 heteroatoms. The van der Waals surface area contributed by atoms with Crippen LogP contribution in [0.3, 0.4) is 0 Å². The zero-order valence-electron chi connectivity index (χ0n) is 11.9. The Bertz CT molecular complexity index is 632. The van der Waals surface area contributed by atoms with Crippen molar-refractivity contribution in [2.45, 2.75) is 12.8 Å². The van der Waals surface area contributed by atoms with Crippen LogP contribution in [0.5, 0.6) is 11.5 Å². The Hall–Kier alpha value is -2.14. The standard InChI is InChI=1S/C16H16O4S/c1-19-14-8-5-11(10-15(14)20-2)12(17)6-7-13(18)16-4-3-9-21-16/h3-5,8-10H,6-7H2,1-2H3. The number of hydrogen-bond acceptors (Lipinski definition) is 5. The van der Waals surface area contributed by atoms with Crippen LogP contribution in [-0.4, -0.2) is 25.8 Å². The van der Waals surface area contributed by atoms with Gasteiger partial charge in [0.2, 0.25) is 0 Å². The molecule has 0 atom stereocenters. The number of Topliss-reactive ketones (excluding diaryl/α,β-unsaturated/α-hetero) is 2. The number of carbonyl (C=O) groups is 2. The first-order valence-corrected chi connectivity index (χ1v) is 7.35. The number of ether oxygens (including phenoxy) is 2. The normalized spacial score (nSPS) is 10.2. The molecule has 1 aromatic carbocycles. The van der Waals surface area contributed by atoms with Crippen LogP contribution in [0.15, 0.2) is 35.7 Å². The van der Waals surface area contributed by atoms with E-state index in [2.05, 4.69) is 0 Å². The van der Waals surface area contributed by atoms with Crippen molar-refractivity contribution in [1.82, 2.24) is 0 Å². The number of hydrogen-bond donors (Lipinski definition) is 0. The average molecular weight is 304 g/mol. The summed E-state index contributed by atoms with van der Waals surface area (Å²) >= 11 is 1.39. The van der Waals surface area contributed by atoms with Gasteiger partial charge < -0.3 is 9.47 Å². The lowest BCUT2D eigenvalue weighted by atomic mass is 10.0. The molecule has 0 bridgehead atoms. The molecule has 1 aromatic heterocycles. The second-order valence-electron chi connectivity index (χ2n) is 4.39. The first-order valence-electron chi connectivity index (χ1n) is 6.47. The lowest BCUT2D eigenvalue weighted by Crippen LogP contribution is -2.04. The molecule has 0 saturated heterocycles. The van der Waals surface area contributed by atoms with Crippen LogP contribution < -0.4 is 9.47 Å². The van der Waals surface area contributed by atoms with Crippen LogP contribution in [0.1, 0.15) is 32.9 Å². The fraction of sp³-hybridized carbons (Fsp3) is 0.250. The van der Waals surface area contributed by atoms with Crippen molar-refractivity contribution in [3.63, 3.8) is 0 Å². The van der Waals surface area contributed by atoms with E-state index in [-0.39, 0.29) is 24.4 Å². The number of carbonyl (C=O) groups excluding carboxylic acids is 2. The van der Waals surface area contributed by atoms with Gasteiger partial charge in [-0.25, -0.2) is 0 Å². The van der Waals surface area contributed by atoms with Gasteiger partial charge in [-0.3, -0.25) is 9.59 Å². The second kappa shape index (κ2) is 7.04. The van der Waals surface area contributed by atoms with Crippen LogP contribution in [-0.2, 0) is 0 Å². The van der Waals surface area contributed by atoms with Gasteiger partial charge >= 0.3 is 0 Å². The summed E-state index contributed by atoms with van der Waals surface area (Å²) in [5, 5.41) is 1.85. The van der Waals surface area contributed by atoms with Crippen LogP contribution >= 0.6 is 11.3 Å². The minimum Gasteiger partial charge on any atom is -0.493 e. The van der Waals surface area contributed by atoms with Crippen molar-refractivity contribution in [3.05, 3.63) is 46.2 Å². The van der Waals surface area contributed by atoms with Crippen molar-refractivity contribution in [2.24, 2.45) is 0 Å². The highest BCUT2D eigenvalue weighted by Crippen LogP contribution is 2.28. The molecule has 21 heavy (non-hydrogen) atoms. The van der Waals surface area contributed by atoms with Gasteiger partial charge in [0.25, 0.3) is 0 Å². The highest BCUT2D eigenvalue weighted by Gasteiger charge is 2.14. The lowest BCUT2D eigenvalue weighted by molar-refractivity contribution is 0.0919. The summed E-state index contributed by atoms with van der Waals surface area (Å²) in [7, 11) is 3.06. The second-order valence-corrected chi connectivity index (χ2v) is 5.34. The van der Waals surface area contributed by atoms with Crippen LogP contribution in [0.2, 0.25) is 0 Å². The SMILES string of the molecule is COc1ccc(C(=O)CCC(=O)c2cccs2)cc1OC. The molecule has 0 aliphatic carbocycles. The van der Waals surface area contributed by atoms with E-state index in [1.165, 1.54) is 18.4 Å². The van der Waals surface area contributed by atoms with Crippen LogP contribution in [0, 0.1) is 0 Å².